The zero-order valence-corrected chi connectivity index (χ0v) is 10.6. The van der Waals surface area contributed by atoms with Crippen LogP contribution >= 0.6 is 0 Å². The Morgan fingerprint density at radius 1 is 1.41 bits per heavy atom. The monoisotopic (exact) mass is 242 g/mol. The second-order valence-corrected chi connectivity index (χ2v) is 4.37. The SMILES string of the molecule is CCCC(=O)N1CCN(C(C)C(N)=NO)CC1. The van der Waals surface area contributed by atoms with Crippen LogP contribution < -0.4 is 5.73 Å². The highest BCUT2D eigenvalue weighted by Gasteiger charge is 2.25. The number of amides is 1. The Morgan fingerprint density at radius 3 is 2.47 bits per heavy atom. The first kappa shape index (κ1) is 13.8. The van der Waals surface area contributed by atoms with E-state index in [1.165, 1.54) is 0 Å². The fourth-order valence-electron chi connectivity index (χ4n) is 2.00. The van der Waals surface area contributed by atoms with Crippen LogP contribution in [0.5, 0.6) is 0 Å². The van der Waals surface area contributed by atoms with Gasteiger partial charge in [0, 0.05) is 32.6 Å². The summed E-state index contributed by atoms with van der Waals surface area (Å²) in [6.45, 7) is 6.90. The molecular formula is C11H22N4O2. The molecule has 1 aliphatic heterocycles. The molecule has 0 radical (unpaired) electrons. The third-order valence-electron chi connectivity index (χ3n) is 3.22. The smallest absolute Gasteiger partial charge is 0.222 e. The number of carbonyl (C=O) groups excluding carboxylic acids is 1. The van der Waals surface area contributed by atoms with Gasteiger partial charge in [-0.1, -0.05) is 12.1 Å². The molecule has 1 fully saturated rings. The van der Waals surface area contributed by atoms with Gasteiger partial charge < -0.3 is 15.8 Å². The third-order valence-corrected chi connectivity index (χ3v) is 3.22. The Bertz CT molecular complexity index is 285. The number of hydrogen-bond acceptors (Lipinski definition) is 4. The lowest BCUT2D eigenvalue weighted by Gasteiger charge is -2.37. The van der Waals surface area contributed by atoms with Crippen molar-refractivity contribution in [1.29, 1.82) is 0 Å². The molecule has 6 heteroatoms. The van der Waals surface area contributed by atoms with Crippen molar-refractivity contribution in [2.45, 2.75) is 32.7 Å². The molecule has 3 N–H and O–H groups in total. The minimum Gasteiger partial charge on any atom is -0.409 e. The van der Waals surface area contributed by atoms with Crippen molar-refractivity contribution in [3.63, 3.8) is 0 Å². The molecule has 17 heavy (non-hydrogen) atoms. The Labute approximate surface area is 102 Å². The molecule has 98 valence electrons. The van der Waals surface area contributed by atoms with Crippen molar-refractivity contribution < 1.29 is 10.0 Å². The third kappa shape index (κ3) is 3.59. The summed E-state index contributed by atoms with van der Waals surface area (Å²) in [6, 6.07) is -0.0802. The number of amidine groups is 1. The van der Waals surface area contributed by atoms with Crippen LogP contribution in [-0.2, 0) is 4.79 Å². The minimum atomic E-state index is -0.0802. The van der Waals surface area contributed by atoms with Gasteiger partial charge in [-0.25, -0.2) is 0 Å². The molecule has 1 rings (SSSR count). The highest BCUT2D eigenvalue weighted by molar-refractivity contribution is 5.84. The highest BCUT2D eigenvalue weighted by Crippen LogP contribution is 2.08. The van der Waals surface area contributed by atoms with Crippen molar-refractivity contribution in [2.75, 3.05) is 26.2 Å². The molecule has 1 aliphatic rings. The van der Waals surface area contributed by atoms with Crippen LogP contribution in [0.25, 0.3) is 0 Å². The zero-order valence-electron chi connectivity index (χ0n) is 10.6. The van der Waals surface area contributed by atoms with Gasteiger partial charge in [0.05, 0.1) is 6.04 Å². The molecule has 0 saturated carbocycles. The molecule has 0 aromatic heterocycles. The van der Waals surface area contributed by atoms with Gasteiger partial charge in [0.15, 0.2) is 5.84 Å². The van der Waals surface area contributed by atoms with E-state index < -0.39 is 0 Å². The molecule has 1 atom stereocenters. The van der Waals surface area contributed by atoms with Crippen molar-refractivity contribution in [3.8, 4) is 0 Å². The summed E-state index contributed by atoms with van der Waals surface area (Å²) in [7, 11) is 0. The summed E-state index contributed by atoms with van der Waals surface area (Å²) in [4.78, 5) is 15.7. The fraction of sp³-hybridized carbons (Fsp3) is 0.818. The second-order valence-electron chi connectivity index (χ2n) is 4.37. The Morgan fingerprint density at radius 2 is 2.00 bits per heavy atom. The van der Waals surface area contributed by atoms with E-state index in [4.69, 9.17) is 10.9 Å². The van der Waals surface area contributed by atoms with Crippen molar-refractivity contribution in [1.82, 2.24) is 9.80 Å². The average Bonchev–Trinajstić information content (AvgIpc) is 2.37. The van der Waals surface area contributed by atoms with Crippen LogP contribution in [0, 0.1) is 0 Å². The van der Waals surface area contributed by atoms with Crippen molar-refractivity contribution in [2.24, 2.45) is 10.9 Å². The maximum Gasteiger partial charge on any atom is 0.222 e. The molecule has 1 heterocycles. The molecule has 0 aromatic carbocycles. The lowest BCUT2D eigenvalue weighted by Crippen LogP contribution is -2.54. The summed E-state index contributed by atoms with van der Waals surface area (Å²) in [5.74, 6) is 0.446. The van der Waals surface area contributed by atoms with E-state index in [-0.39, 0.29) is 17.8 Å². The number of carbonyl (C=O) groups is 1. The first-order chi connectivity index (χ1) is 8.10. The summed E-state index contributed by atoms with van der Waals surface area (Å²) >= 11 is 0. The second kappa shape index (κ2) is 6.44. The Kier molecular flexibility index (Phi) is 5.21. The lowest BCUT2D eigenvalue weighted by molar-refractivity contribution is -0.133. The normalized spacial score (nSPS) is 20.4. The van der Waals surface area contributed by atoms with Gasteiger partial charge >= 0.3 is 0 Å². The van der Waals surface area contributed by atoms with Crippen molar-refractivity contribution >= 4 is 11.7 Å². The largest absolute Gasteiger partial charge is 0.409 e. The fourth-order valence-corrected chi connectivity index (χ4v) is 2.00. The summed E-state index contributed by atoms with van der Waals surface area (Å²) < 4.78 is 0. The molecule has 6 nitrogen and oxygen atoms in total. The van der Waals surface area contributed by atoms with E-state index >= 15 is 0 Å². The molecule has 1 unspecified atom stereocenters. The Balaban J connectivity index is 2.43. The van der Waals surface area contributed by atoms with E-state index in [1.54, 1.807) is 0 Å². The van der Waals surface area contributed by atoms with Gasteiger partial charge in [0.1, 0.15) is 0 Å². The number of oxime groups is 1. The molecule has 1 saturated heterocycles. The zero-order chi connectivity index (χ0) is 12.8. The molecular weight excluding hydrogens is 220 g/mol. The van der Waals surface area contributed by atoms with Crippen LogP contribution in [-0.4, -0.2) is 59.0 Å². The van der Waals surface area contributed by atoms with E-state index in [0.29, 0.717) is 6.42 Å². The maximum absolute atomic E-state index is 11.7. The number of piperazine rings is 1. The summed E-state index contributed by atoms with van der Waals surface area (Å²) in [6.07, 6.45) is 1.51. The highest BCUT2D eigenvalue weighted by atomic mass is 16.4. The maximum atomic E-state index is 11.7. The van der Waals surface area contributed by atoms with Crippen LogP contribution in [0.15, 0.2) is 5.16 Å². The molecule has 0 bridgehead atoms. The van der Waals surface area contributed by atoms with E-state index in [1.807, 2.05) is 18.7 Å². The summed E-state index contributed by atoms with van der Waals surface area (Å²) in [5, 5.41) is 11.6. The van der Waals surface area contributed by atoms with Crippen molar-refractivity contribution in [3.05, 3.63) is 0 Å². The quantitative estimate of drug-likeness (QED) is 0.316. The van der Waals surface area contributed by atoms with E-state index in [2.05, 4.69) is 10.1 Å². The van der Waals surface area contributed by atoms with Gasteiger partial charge in [-0.3, -0.25) is 9.69 Å². The van der Waals surface area contributed by atoms with Crippen LogP contribution in [0.2, 0.25) is 0 Å². The number of nitrogens with zero attached hydrogens (tertiary/aromatic N) is 3. The topological polar surface area (TPSA) is 82.2 Å². The Hall–Kier alpha value is -1.30. The number of rotatable bonds is 4. The summed E-state index contributed by atoms with van der Waals surface area (Å²) in [5.41, 5.74) is 5.57. The average molecular weight is 242 g/mol. The van der Waals surface area contributed by atoms with Gasteiger partial charge in [-0.15, -0.1) is 0 Å². The predicted molar refractivity (Wildman–Crippen MR) is 65.9 cm³/mol. The van der Waals surface area contributed by atoms with E-state index in [0.717, 1.165) is 32.6 Å². The number of hydrogen-bond donors (Lipinski definition) is 2. The predicted octanol–water partition coefficient (Wildman–Crippen LogP) is 0.0656. The molecule has 1 amide bonds. The van der Waals surface area contributed by atoms with Gasteiger partial charge in [-0.05, 0) is 13.3 Å². The standard InChI is InChI=1S/C11H22N4O2/c1-3-4-10(16)15-7-5-14(6-8-15)9(2)11(12)13-17/h9,17H,3-8H2,1-2H3,(H2,12,13). The first-order valence-corrected chi connectivity index (χ1v) is 6.09. The van der Waals surface area contributed by atoms with Gasteiger partial charge in [0.25, 0.3) is 0 Å². The van der Waals surface area contributed by atoms with Crippen LogP contribution in [0.4, 0.5) is 0 Å². The van der Waals surface area contributed by atoms with E-state index in [9.17, 15) is 4.79 Å². The molecule has 0 aromatic rings. The van der Waals surface area contributed by atoms with Gasteiger partial charge in [0.2, 0.25) is 5.91 Å². The molecule has 0 aliphatic carbocycles. The van der Waals surface area contributed by atoms with Crippen LogP contribution in [0.3, 0.4) is 0 Å². The number of nitrogens with two attached hydrogens (primary N) is 1. The molecule has 0 spiro atoms. The van der Waals surface area contributed by atoms with Gasteiger partial charge in [-0.2, -0.15) is 0 Å². The first-order valence-electron chi connectivity index (χ1n) is 6.09. The minimum absolute atomic E-state index is 0.0802. The lowest BCUT2D eigenvalue weighted by atomic mass is 10.2. The van der Waals surface area contributed by atoms with Crippen LogP contribution in [0.1, 0.15) is 26.7 Å².